The minimum absolute atomic E-state index is 0.0988. The molecule has 20 heavy (non-hydrogen) atoms. The average Bonchev–Trinajstić information content (AvgIpc) is 2.84. The maximum Gasteiger partial charge on any atom is 0.305 e. The van der Waals surface area contributed by atoms with Gasteiger partial charge in [-0.05, 0) is 30.4 Å². The Morgan fingerprint density at radius 2 is 2.10 bits per heavy atom. The van der Waals surface area contributed by atoms with Gasteiger partial charge in [0, 0.05) is 18.2 Å². The second-order valence-corrected chi connectivity index (χ2v) is 5.62. The van der Waals surface area contributed by atoms with E-state index < -0.39 is 22.3 Å². The molecule has 0 aromatic heterocycles. The highest BCUT2D eigenvalue weighted by Crippen LogP contribution is 2.36. The van der Waals surface area contributed by atoms with Gasteiger partial charge >= 0.3 is 5.69 Å². The van der Waals surface area contributed by atoms with Crippen LogP contribution in [0.2, 0.25) is 0 Å². The summed E-state index contributed by atoms with van der Waals surface area (Å²) in [5.74, 6) is -1.34. The Hall–Kier alpha value is -1.98. The molecule has 0 spiro atoms. The van der Waals surface area contributed by atoms with Crippen molar-refractivity contribution < 1.29 is 14.1 Å². The van der Waals surface area contributed by atoms with Gasteiger partial charge in [-0.15, -0.1) is 0 Å². The molecule has 108 valence electrons. The standard InChI is InChI=1S/C14H17FN2O3/c1-14(6-2-3-7-14)9-16-13(18)10-4-5-11(15)12(8-10)17(19)20/h4-5,8H,2-3,6-7,9H2,1H3,(H,16,18). The summed E-state index contributed by atoms with van der Waals surface area (Å²) in [5, 5.41) is 13.4. The molecule has 1 fully saturated rings. The van der Waals surface area contributed by atoms with Crippen LogP contribution in [0, 0.1) is 21.3 Å². The van der Waals surface area contributed by atoms with Gasteiger partial charge in [-0.3, -0.25) is 14.9 Å². The fraction of sp³-hybridized carbons (Fsp3) is 0.500. The number of carbonyl (C=O) groups excluding carboxylic acids is 1. The minimum Gasteiger partial charge on any atom is -0.351 e. The van der Waals surface area contributed by atoms with Gasteiger partial charge in [0.05, 0.1) is 4.92 Å². The number of nitrogens with zero attached hydrogens (tertiary/aromatic N) is 1. The van der Waals surface area contributed by atoms with Crippen molar-refractivity contribution in [2.45, 2.75) is 32.6 Å². The van der Waals surface area contributed by atoms with Crippen LogP contribution < -0.4 is 5.32 Å². The number of benzene rings is 1. The topological polar surface area (TPSA) is 72.2 Å². The molecule has 1 saturated carbocycles. The van der Waals surface area contributed by atoms with Crippen LogP contribution in [0.4, 0.5) is 10.1 Å². The van der Waals surface area contributed by atoms with E-state index in [2.05, 4.69) is 12.2 Å². The zero-order chi connectivity index (χ0) is 14.8. The molecule has 1 aromatic carbocycles. The first kappa shape index (κ1) is 14.4. The number of nitrogens with one attached hydrogen (secondary N) is 1. The van der Waals surface area contributed by atoms with Crippen LogP contribution in [-0.2, 0) is 0 Å². The smallest absolute Gasteiger partial charge is 0.305 e. The highest BCUT2D eigenvalue weighted by Gasteiger charge is 2.29. The normalized spacial score (nSPS) is 16.9. The number of carbonyl (C=O) groups is 1. The maximum atomic E-state index is 13.2. The fourth-order valence-electron chi connectivity index (χ4n) is 2.59. The van der Waals surface area contributed by atoms with Gasteiger partial charge in [-0.2, -0.15) is 4.39 Å². The number of hydrogen-bond acceptors (Lipinski definition) is 3. The van der Waals surface area contributed by atoms with E-state index >= 15 is 0 Å². The predicted molar refractivity (Wildman–Crippen MR) is 72.0 cm³/mol. The van der Waals surface area contributed by atoms with E-state index in [1.54, 1.807) is 0 Å². The molecule has 0 aliphatic heterocycles. The van der Waals surface area contributed by atoms with Gasteiger partial charge in [0.25, 0.3) is 5.91 Å². The highest BCUT2D eigenvalue weighted by atomic mass is 19.1. The van der Waals surface area contributed by atoms with Crippen LogP contribution in [0.1, 0.15) is 43.0 Å². The van der Waals surface area contributed by atoms with Crippen LogP contribution >= 0.6 is 0 Å². The van der Waals surface area contributed by atoms with Gasteiger partial charge in [0.2, 0.25) is 5.82 Å². The first-order valence-electron chi connectivity index (χ1n) is 6.63. The van der Waals surface area contributed by atoms with E-state index in [-0.39, 0.29) is 11.0 Å². The third kappa shape index (κ3) is 3.12. The Bertz CT molecular complexity index is 539. The van der Waals surface area contributed by atoms with Crippen molar-refractivity contribution in [3.63, 3.8) is 0 Å². The van der Waals surface area contributed by atoms with Gasteiger partial charge in [-0.25, -0.2) is 0 Å². The van der Waals surface area contributed by atoms with Crippen molar-refractivity contribution in [2.24, 2.45) is 5.41 Å². The predicted octanol–water partition coefficient (Wildman–Crippen LogP) is 3.04. The number of nitro benzene ring substituents is 1. The average molecular weight is 280 g/mol. The van der Waals surface area contributed by atoms with Gasteiger partial charge in [0.15, 0.2) is 0 Å². The van der Waals surface area contributed by atoms with E-state index in [0.29, 0.717) is 6.54 Å². The number of hydrogen-bond donors (Lipinski definition) is 1. The van der Waals surface area contributed by atoms with Crippen molar-refractivity contribution in [1.82, 2.24) is 5.32 Å². The molecule has 1 aliphatic rings. The molecule has 5 nitrogen and oxygen atoms in total. The second-order valence-electron chi connectivity index (χ2n) is 5.62. The van der Waals surface area contributed by atoms with Crippen molar-refractivity contribution >= 4 is 11.6 Å². The molecule has 1 amide bonds. The molecule has 0 unspecified atom stereocenters. The zero-order valence-electron chi connectivity index (χ0n) is 11.3. The fourth-order valence-corrected chi connectivity index (χ4v) is 2.59. The van der Waals surface area contributed by atoms with Crippen LogP contribution in [0.15, 0.2) is 18.2 Å². The second kappa shape index (κ2) is 5.56. The first-order chi connectivity index (χ1) is 9.41. The molecule has 6 heteroatoms. The third-order valence-electron chi connectivity index (χ3n) is 3.89. The summed E-state index contributed by atoms with van der Waals surface area (Å²) >= 11 is 0. The summed E-state index contributed by atoms with van der Waals surface area (Å²) < 4.78 is 13.2. The number of amides is 1. The summed E-state index contributed by atoms with van der Waals surface area (Å²) in [6.45, 7) is 2.66. The lowest BCUT2D eigenvalue weighted by Gasteiger charge is -2.23. The summed E-state index contributed by atoms with van der Waals surface area (Å²) in [5.41, 5.74) is -0.467. The van der Waals surface area contributed by atoms with Crippen LogP contribution in [0.25, 0.3) is 0 Å². The minimum atomic E-state index is -0.936. The van der Waals surface area contributed by atoms with E-state index in [1.165, 1.54) is 6.07 Å². The largest absolute Gasteiger partial charge is 0.351 e. The number of rotatable bonds is 4. The molecule has 0 bridgehead atoms. The molecular formula is C14H17FN2O3. The molecule has 0 radical (unpaired) electrons. The van der Waals surface area contributed by atoms with Crippen molar-refractivity contribution in [3.8, 4) is 0 Å². The Kier molecular flexibility index (Phi) is 4.01. The lowest BCUT2D eigenvalue weighted by molar-refractivity contribution is -0.387. The summed E-state index contributed by atoms with van der Waals surface area (Å²) in [4.78, 5) is 21.8. The number of nitro groups is 1. The summed E-state index contributed by atoms with van der Waals surface area (Å²) in [6.07, 6.45) is 4.45. The molecule has 1 N–H and O–H groups in total. The quantitative estimate of drug-likeness (QED) is 0.680. The molecular weight excluding hydrogens is 263 g/mol. The van der Waals surface area contributed by atoms with E-state index in [1.807, 2.05) is 0 Å². The highest BCUT2D eigenvalue weighted by molar-refractivity contribution is 5.94. The first-order valence-corrected chi connectivity index (χ1v) is 6.63. The molecule has 0 heterocycles. The van der Waals surface area contributed by atoms with E-state index in [9.17, 15) is 19.3 Å². The van der Waals surface area contributed by atoms with Crippen molar-refractivity contribution in [1.29, 1.82) is 0 Å². The number of halogens is 1. The van der Waals surface area contributed by atoms with Gasteiger partial charge < -0.3 is 5.32 Å². The van der Waals surface area contributed by atoms with Gasteiger partial charge in [-0.1, -0.05) is 19.8 Å². The lowest BCUT2D eigenvalue weighted by atomic mass is 9.89. The van der Waals surface area contributed by atoms with Crippen molar-refractivity contribution in [2.75, 3.05) is 6.54 Å². The molecule has 1 aliphatic carbocycles. The zero-order valence-corrected chi connectivity index (χ0v) is 11.3. The van der Waals surface area contributed by atoms with Gasteiger partial charge in [0.1, 0.15) is 0 Å². The van der Waals surface area contributed by atoms with E-state index in [0.717, 1.165) is 37.8 Å². The molecule has 0 saturated heterocycles. The Balaban J connectivity index is 2.06. The molecule has 0 atom stereocenters. The van der Waals surface area contributed by atoms with Crippen LogP contribution in [0.3, 0.4) is 0 Å². The maximum absolute atomic E-state index is 13.2. The Morgan fingerprint density at radius 3 is 2.70 bits per heavy atom. The van der Waals surface area contributed by atoms with E-state index in [4.69, 9.17) is 0 Å². The van der Waals surface area contributed by atoms with Crippen molar-refractivity contribution in [3.05, 3.63) is 39.7 Å². The monoisotopic (exact) mass is 280 g/mol. The van der Waals surface area contributed by atoms with Crippen LogP contribution in [-0.4, -0.2) is 17.4 Å². The Labute approximate surface area is 116 Å². The summed E-state index contributed by atoms with van der Waals surface area (Å²) in [7, 11) is 0. The summed E-state index contributed by atoms with van der Waals surface area (Å²) in [6, 6.07) is 3.18. The molecule has 2 rings (SSSR count). The lowest BCUT2D eigenvalue weighted by Crippen LogP contribution is -2.34. The third-order valence-corrected chi connectivity index (χ3v) is 3.89. The Morgan fingerprint density at radius 1 is 1.45 bits per heavy atom. The molecule has 1 aromatic rings. The van der Waals surface area contributed by atoms with Crippen LogP contribution in [0.5, 0.6) is 0 Å². The SMILES string of the molecule is CC1(CNC(=O)c2ccc(F)c([N+](=O)[O-])c2)CCCC1.